The van der Waals surface area contributed by atoms with Crippen LogP contribution in [0.25, 0.3) is 17.4 Å². The van der Waals surface area contributed by atoms with Gasteiger partial charge < -0.3 is 10.2 Å². The molecule has 1 aromatic carbocycles. The second kappa shape index (κ2) is 5.93. The maximum absolute atomic E-state index is 11.0. The van der Waals surface area contributed by atoms with E-state index in [1.165, 1.54) is 12.1 Å². The molecule has 0 bridgehead atoms. The second-order valence-electron chi connectivity index (χ2n) is 4.44. The SMILES string of the molecule is Cc1c(-c2ccc(/C=C(\C#N)C(N)=O)o2)cccc1[N+](=O)[O-]. The van der Waals surface area contributed by atoms with Gasteiger partial charge in [0.2, 0.25) is 0 Å². The Morgan fingerprint density at radius 1 is 1.41 bits per heavy atom. The van der Waals surface area contributed by atoms with E-state index < -0.39 is 10.8 Å². The van der Waals surface area contributed by atoms with Crippen molar-refractivity contribution in [2.75, 3.05) is 0 Å². The minimum atomic E-state index is -0.855. The molecule has 0 radical (unpaired) electrons. The van der Waals surface area contributed by atoms with Gasteiger partial charge in [-0.2, -0.15) is 5.26 Å². The highest BCUT2D eigenvalue weighted by atomic mass is 16.6. The van der Waals surface area contributed by atoms with Crippen LogP contribution in [0.15, 0.2) is 40.3 Å². The Bertz CT molecular complexity index is 828. The molecule has 0 aliphatic heterocycles. The predicted molar refractivity (Wildman–Crippen MR) is 78.3 cm³/mol. The lowest BCUT2D eigenvalue weighted by atomic mass is 10.1. The molecule has 0 fully saturated rings. The van der Waals surface area contributed by atoms with Crippen molar-refractivity contribution in [3.05, 3.63) is 57.3 Å². The minimum absolute atomic E-state index is 0.0131. The molecule has 1 amide bonds. The van der Waals surface area contributed by atoms with Gasteiger partial charge in [0.1, 0.15) is 23.2 Å². The van der Waals surface area contributed by atoms with E-state index >= 15 is 0 Å². The topological polar surface area (TPSA) is 123 Å². The Kier molecular flexibility index (Phi) is 4.04. The third-order valence-corrected chi connectivity index (χ3v) is 3.07. The highest BCUT2D eigenvalue weighted by Crippen LogP contribution is 2.31. The van der Waals surface area contributed by atoms with Crippen molar-refractivity contribution in [2.45, 2.75) is 6.92 Å². The first-order chi connectivity index (χ1) is 10.4. The lowest BCUT2D eigenvalue weighted by molar-refractivity contribution is -0.385. The summed E-state index contributed by atoms with van der Waals surface area (Å²) >= 11 is 0. The van der Waals surface area contributed by atoms with Crippen LogP contribution >= 0.6 is 0 Å². The number of amides is 1. The van der Waals surface area contributed by atoms with Crippen molar-refractivity contribution in [3.8, 4) is 17.4 Å². The zero-order chi connectivity index (χ0) is 16.3. The molecule has 0 saturated heterocycles. The number of nitro benzene ring substituents is 1. The molecule has 0 atom stereocenters. The standard InChI is InChI=1S/C15H11N3O4/c1-9-12(3-2-4-13(9)18(20)21)14-6-5-11(22-14)7-10(8-16)15(17)19/h2-7H,1H3,(H2,17,19)/b10-7+. The number of furan rings is 1. The number of primary amides is 1. The van der Waals surface area contributed by atoms with Gasteiger partial charge in [0, 0.05) is 23.3 Å². The lowest BCUT2D eigenvalue weighted by Crippen LogP contribution is -2.12. The van der Waals surface area contributed by atoms with Crippen molar-refractivity contribution in [1.82, 2.24) is 0 Å². The fraction of sp³-hybridized carbons (Fsp3) is 0.0667. The highest BCUT2D eigenvalue weighted by Gasteiger charge is 2.16. The number of nitriles is 1. The third-order valence-electron chi connectivity index (χ3n) is 3.07. The first kappa shape index (κ1) is 15.0. The molecular weight excluding hydrogens is 286 g/mol. The van der Waals surface area contributed by atoms with Crippen LogP contribution in [-0.4, -0.2) is 10.8 Å². The van der Waals surface area contributed by atoms with Crippen molar-refractivity contribution < 1.29 is 14.1 Å². The molecule has 22 heavy (non-hydrogen) atoms. The van der Waals surface area contributed by atoms with Gasteiger partial charge in [-0.1, -0.05) is 12.1 Å². The average molecular weight is 297 g/mol. The summed E-state index contributed by atoms with van der Waals surface area (Å²) in [5.41, 5.74) is 5.82. The number of benzene rings is 1. The summed E-state index contributed by atoms with van der Waals surface area (Å²) < 4.78 is 5.51. The van der Waals surface area contributed by atoms with Gasteiger partial charge >= 0.3 is 0 Å². The summed E-state index contributed by atoms with van der Waals surface area (Å²) in [7, 11) is 0. The molecule has 1 heterocycles. The number of hydrogen-bond acceptors (Lipinski definition) is 5. The van der Waals surface area contributed by atoms with E-state index in [4.69, 9.17) is 15.4 Å². The highest BCUT2D eigenvalue weighted by molar-refractivity contribution is 6.00. The molecule has 0 aliphatic carbocycles. The van der Waals surface area contributed by atoms with Crippen LogP contribution in [0.4, 0.5) is 5.69 Å². The van der Waals surface area contributed by atoms with E-state index in [1.807, 2.05) is 0 Å². The van der Waals surface area contributed by atoms with Crippen LogP contribution in [0, 0.1) is 28.4 Å². The molecule has 2 rings (SSSR count). The van der Waals surface area contributed by atoms with Crippen molar-refractivity contribution in [1.29, 1.82) is 5.26 Å². The molecule has 0 saturated carbocycles. The minimum Gasteiger partial charge on any atom is -0.457 e. The first-order valence-electron chi connectivity index (χ1n) is 6.20. The summed E-state index contributed by atoms with van der Waals surface area (Å²) in [6.07, 6.45) is 1.22. The number of nitrogens with zero attached hydrogens (tertiary/aromatic N) is 2. The molecule has 2 N–H and O–H groups in total. The first-order valence-corrected chi connectivity index (χ1v) is 6.20. The van der Waals surface area contributed by atoms with Crippen LogP contribution < -0.4 is 5.73 Å². The lowest BCUT2D eigenvalue weighted by Gasteiger charge is -2.03. The Hall–Kier alpha value is -3.40. The Balaban J connectivity index is 2.46. The molecule has 7 heteroatoms. The van der Waals surface area contributed by atoms with E-state index in [0.29, 0.717) is 16.9 Å². The zero-order valence-corrected chi connectivity index (χ0v) is 11.6. The molecule has 2 aromatic rings. The van der Waals surface area contributed by atoms with Gasteiger partial charge in [-0.05, 0) is 19.1 Å². The number of nitrogens with two attached hydrogens (primary N) is 1. The number of rotatable bonds is 4. The largest absolute Gasteiger partial charge is 0.457 e. The number of hydrogen-bond donors (Lipinski definition) is 1. The molecule has 1 aromatic heterocycles. The van der Waals surface area contributed by atoms with Crippen molar-refractivity contribution in [2.24, 2.45) is 5.73 Å². The molecule has 110 valence electrons. The smallest absolute Gasteiger partial charge is 0.273 e. The Morgan fingerprint density at radius 3 is 2.73 bits per heavy atom. The predicted octanol–water partition coefficient (Wildman–Crippen LogP) is 2.56. The van der Waals surface area contributed by atoms with E-state index in [2.05, 4.69) is 0 Å². The van der Waals surface area contributed by atoms with Crippen LogP contribution in [-0.2, 0) is 4.79 Å². The van der Waals surface area contributed by atoms with Crippen LogP contribution in [0.1, 0.15) is 11.3 Å². The van der Waals surface area contributed by atoms with E-state index in [0.717, 1.165) is 0 Å². The fourth-order valence-electron chi connectivity index (χ4n) is 1.96. The fourth-order valence-corrected chi connectivity index (χ4v) is 1.96. The molecular formula is C15H11N3O4. The summed E-state index contributed by atoms with van der Waals surface area (Å²) in [6, 6.07) is 9.48. The Morgan fingerprint density at radius 2 is 2.14 bits per heavy atom. The van der Waals surface area contributed by atoms with E-state index in [1.54, 1.807) is 37.3 Å². The number of carbonyl (C=O) groups excluding carboxylic acids is 1. The van der Waals surface area contributed by atoms with Crippen LogP contribution in [0.5, 0.6) is 0 Å². The molecule has 0 aliphatic rings. The van der Waals surface area contributed by atoms with Gasteiger partial charge in [0.05, 0.1) is 4.92 Å². The zero-order valence-electron chi connectivity index (χ0n) is 11.6. The summed E-state index contributed by atoms with van der Waals surface area (Å²) in [5.74, 6) is -0.197. The molecule has 7 nitrogen and oxygen atoms in total. The maximum atomic E-state index is 11.0. The number of nitro groups is 1. The maximum Gasteiger partial charge on any atom is 0.273 e. The Labute approximate surface area is 125 Å². The van der Waals surface area contributed by atoms with Crippen molar-refractivity contribution >= 4 is 17.7 Å². The summed E-state index contributed by atoms with van der Waals surface area (Å²) in [4.78, 5) is 21.5. The quantitative estimate of drug-likeness (QED) is 0.402. The summed E-state index contributed by atoms with van der Waals surface area (Å²) in [6.45, 7) is 1.62. The van der Waals surface area contributed by atoms with Crippen LogP contribution in [0.2, 0.25) is 0 Å². The van der Waals surface area contributed by atoms with E-state index in [-0.39, 0.29) is 17.0 Å². The third kappa shape index (κ3) is 2.86. The monoisotopic (exact) mass is 297 g/mol. The van der Waals surface area contributed by atoms with Gasteiger partial charge in [0.25, 0.3) is 11.6 Å². The van der Waals surface area contributed by atoms with E-state index in [9.17, 15) is 14.9 Å². The van der Waals surface area contributed by atoms with Gasteiger partial charge in [-0.3, -0.25) is 14.9 Å². The summed E-state index contributed by atoms with van der Waals surface area (Å²) in [5, 5.41) is 19.7. The van der Waals surface area contributed by atoms with Gasteiger partial charge in [-0.25, -0.2) is 0 Å². The average Bonchev–Trinajstić information content (AvgIpc) is 2.92. The van der Waals surface area contributed by atoms with Crippen molar-refractivity contribution in [3.63, 3.8) is 0 Å². The van der Waals surface area contributed by atoms with Gasteiger partial charge in [-0.15, -0.1) is 0 Å². The molecule has 0 spiro atoms. The number of carbonyl (C=O) groups is 1. The van der Waals surface area contributed by atoms with Gasteiger partial charge in [0.15, 0.2) is 0 Å². The van der Waals surface area contributed by atoms with Crippen LogP contribution in [0.3, 0.4) is 0 Å². The second-order valence-corrected chi connectivity index (χ2v) is 4.44. The molecule has 0 unspecified atom stereocenters. The normalized spacial score (nSPS) is 11.0.